The Morgan fingerprint density at radius 3 is 2.93 bits per heavy atom. The molecule has 3 N–H and O–H groups in total. The Bertz CT molecular complexity index is 1050. The number of nitrogen functional groups attached to an aromatic ring is 1. The summed E-state index contributed by atoms with van der Waals surface area (Å²) < 4.78 is 33.1. The van der Waals surface area contributed by atoms with Gasteiger partial charge in [-0.3, -0.25) is 9.65 Å². The highest BCUT2D eigenvalue weighted by Gasteiger charge is 2.32. The number of benzene rings is 1. The molecule has 3 atom stereocenters. The first-order valence-electron chi connectivity index (χ1n) is 8.90. The van der Waals surface area contributed by atoms with Gasteiger partial charge < -0.3 is 24.5 Å². The molecule has 2 aromatic heterocycles. The first-order chi connectivity index (χ1) is 14.7. The molecular weight excluding hydrogens is 414 g/mol. The van der Waals surface area contributed by atoms with Gasteiger partial charge in [0, 0.05) is 6.08 Å². The first-order valence-corrected chi connectivity index (χ1v) is 10.3. The third kappa shape index (κ3) is 4.44. The SMILES string of the molecule is Nc1ncnc2c1ncn2[C@@H]1O[C@H](OCP(NCC=O)Oc2ccccc2)C=C1F. The summed E-state index contributed by atoms with van der Waals surface area (Å²) in [4.78, 5) is 22.8. The molecule has 0 amide bonds. The van der Waals surface area contributed by atoms with Crippen LogP contribution < -0.4 is 15.3 Å². The highest BCUT2D eigenvalue weighted by Crippen LogP contribution is 2.37. The number of hydrogen-bond acceptors (Lipinski definition) is 9. The maximum atomic E-state index is 14.5. The summed E-state index contributed by atoms with van der Waals surface area (Å²) in [5, 5.41) is 2.96. The molecule has 156 valence electrons. The topological polar surface area (TPSA) is 126 Å². The Balaban J connectivity index is 1.41. The van der Waals surface area contributed by atoms with Crippen molar-refractivity contribution in [2.24, 2.45) is 0 Å². The summed E-state index contributed by atoms with van der Waals surface area (Å²) in [6.07, 6.45) is 2.63. The van der Waals surface area contributed by atoms with E-state index in [1.807, 2.05) is 18.2 Å². The normalized spacial score (nSPS) is 19.6. The summed E-state index contributed by atoms with van der Waals surface area (Å²) in [5.74, 6) is 0.268. The van der Waals surface area contributed by atoms with Crippen LogP contribution in [0.3, 0.4) is 0 Å². The second kappa shape index (κ2) is 9.23. The maximum Gasteiger partial charge on any atom is 0.192 e. The average Bonchev–Trinajstić information content (AvgIpc) is 3.34. The number of imidazole rings is 1. The lowest BCUT2D eigenvalue weighted by Gasteiger charge is -2.21. The molecule has 0 saturated carbocycles. The standard InChI is InChI=1S/C18H18FN6O4P/c19-13-8-14(27-11-30(24-6-7-26)29-12-4-2-1-3-5-12)28-18(13)25-10-23-15-16(20)21-9-22-17(15)25/h1-5,7-10,14,18,24H,6,11H2,(H2,20,21,22)/t14-,18+,30?/m0/s1. The quantitative estimate of drug-likeness (QED) is 0.387. The third-order valence-corrected chi connectivity index (χ3v) is 5.45. The van der Waals surface area contributed by atoms with Crippen molar-refractivity contribution >= 4 is 31.6 Å². The van der Waals surface area contributed by atoms with Gasteiger partial charge in [0.1, 0.15) is 30.2 Å². The number of nitrogens with one attached hydrogen (secondary N) is 1. The van der Waals surface area contributed by atoms with Crippen LogP contribution in [0.1, 0.15) is 6.23 Å². The molecule has 30 heavy (non-hydrogen) atoms. The second-order valence-corrected chi connectivity index (χ2v) is 7.61. The van der Waals surface area contributed by atoms with Gasteiger partial charge in [-0.05, 0) is 12.1 Å². The van der Waals surface area contributed by atoms with Crippen molar-refractivity contribution < 1.29 is 23.2 Å². The van der Waals surface area contributed by atoms with Crippen LogP contribution >= 0.6 is 8.30 Å². The van der Waals surface area contributed by atoms with Gasteiger partial charge in [-0.1, -0.05) is 18.2 Å². The van der Waals surface area contributed by atoms with Crippen LogP contribution in [0.4, 0.5) is 10.2 Å². The summed E-state index contributed by atoms with van der Waals surface area (Å²) in [7, 11) is -1.36. The van der Waals surface area contributed by atoms with Crippen molar-refractivity contribution in [2.75, 3.05) is 18.6 Å². The molecular formula is C18H18FN6O4P. The number of fused-ring (bicyclic) bond motifs is 1. The lowest BCUT2D eigenvalue weighted by atomic mass is 10.3. The maximum absolute atomic E-state index is 14.5. The van der Waals surface area contributed by atoms with Gasteiger partial charge in [-0.2, -0.15) is 0 Å². The van der Waals surface area contributed by atoms with Gasteiger partial charge in [-0.15, -0.1) is 0 Å². The minimum Gasteiger partial charge on any atom is -0.456 e. The van der Waals surface area contributed by atoms with Crippen LogP contribution in [-0.4, -0.2) is 45.0 Å². The second-order valence-electron chi connectivity index (χ2n) is 6.10. The van der Waals surface area contributed by atoms with Crippen molar-refractivity contribution in [3.05, 3.63) is 54.9 Å². The van der Waals surface area contributed by atoms with Crippen molar-refractivity contribution in [3.63, 3.8) is 0 Å². The summed E-state index contributed by atoms with van der Waals surface area (Å²) in [5.41, 5.74) is 6.47. The number of nitrogens with zero attached hydrogens (tertiary/aromatic N) is 4. The fourth-order valence-electron chi connectivity index (χ4n) is 2.76. The van der Waals surface area contributed by atoms with E-state index in [2.05, 4.69) is 20.0 Å². The van der Waals surface area contributed by atoms with Gasteiger partial charge in [0.05, 0.1) is 12.9 Å². The monoisotopic (exact) mass is 432 g/mol. The first kappa shape index (κ1) is 20.3. The number of anilines is 1. The van der Waals surface area contributed by atoms with E-state index in [1.54, 1.807) is 12.1 Å². The van der Waals surface area contributed by atoms with Gasteiger partial charge in [0.2, 0.25) is 0 Å². The van der Waals surface area contributed by atoms with Gasteiger partial charge in [0.25, 0.3) is 0 Å². The largest absolute Gasteiger partial charge is 0.456 e. The number of hydrogen-bond donors (Lipinski definition) is 2. The Morgan fingerprint density at radius 2 is 2.13 bits per heavy atom. The Labute approximate surface area is 171 Å². The Morgan fingerprint density at radius 1 is 1.30 bits per heavy atom. The van der Waals surface area contributed by atoms with Gasteiger partial charge in [-0.25, -0.2) is 19.3 Å². The summed E-state index contributed by atoms with van der Waals surface area (Å²) >= 11 is 0. The molecule has 3 heterocycles. The highest BCUT2D eigenvalue weighted by molar-refractivity contribution is 7.50. The minimum atomic E-state index is -1.36. The van der Waals surface area contributed by atoms with E-state index < -0.39 is 26.6 Å². The number of carbonyl (C=O) groups is 1. The van der Waals surface area contributed by atoms with Crippen LogP contribution in [0, 0.1) is 0 Å². The van der Waals surface area contributed by atoms with E-state index in [9.17, 15) is 9.18 Å². The lowest BCUT2D eigenvalue weighted by Crippen LogP contribution is -2.20. The number of para-hydroxylation sites is 1. The number of aromatic nitrogens is 4. The number of halogens is 1. The van der Waals surface area contributed by atoms with Crippen LogP contribution in [0.5, 0.6) is 5.75 Å². The van der Waals surface area contributed by atoms with E-state index in [0.29, 0.717) is 16.9 Å². The molecule has 0 aliphatic carbocycles. The van der Waals surface area contributed by atoms with E-state index in [-0.39, 0.29) is 18.7 Å². The molecule has 0 bridgehead atoms. The molecule has 0 radical (unpaired) electrons. The molecule has 4 rings (SSSR count). The van der Waals surface area contributed by atoms with Crippen LogP contribution in [0.25, 0.3) is 11.2 Å². The molecule has 3 aromatic rings. The van der Waals surface area contributed by atoms with Gasteiger partial charge >= 0.3 is 0 Å². The zero-order valence-corrected chi connectivity index (χ0v) is 16.5. The number of rotatable bonds is 9. The van der Waals surface area contributed by atoms with Crippen molar-refractivity contribution in [1.82, 2.24) is 24.6 Å². The fraction of sp³-hybridized carbons (Fsp3) is 0.222. The third-order valence-electron chi connectivity index (χ3n) is 4.10. The molecule has 0 saturated heterocycles. The molecule has 1 aliphatic rings. The number of carbonyl (C=O) groups excluding carboxylic acids is 1. The summed E-state index contributed by atoms with van der Waals surface area (Å²) in [6.45, 7) is 0.0996. The highest BCUT2D eigenvalue weighted by atomic mass is 31.2. The smallest absolute Gasteiger partial charge is 0.192 e. The predicted molar refractivity (Wildman–Crippen MR) is 107 cm³/mol. The average molecular weight is 432 g/mol. The molecule has 0 fully saturated rings. The molecule has 10 nitrogen and oxygen atoms in total. The Hall–Kier alpha value is -2.98. The Kier molecular flexibility index (Phi) is 6.24. The molecule has 1 unspecified atom stereocenters. The van der Waals surface area contributed by atoms with E-state index in [1.165, 1.54) is 23.3 Å². The van der Waals surface area contributed by atoms with Crippen molar-refractivity contribution in [2.45, 2.75) is 12.5 Å². The van der Waals surface area contributed by atoms with E-state index in [0.717, 1.165) is 6.29 Å². The van der Waals surface area contributed by atoms with E-state index in [4.69, 9.17) is 19.7 Å². The molecule has 12 heteroatoms. The van der Waals surface area contributed by atoms with Crippen LogP contribution in [0.15, 0.2) is 54.9 Å². The molecule has 0 spiro atoms. The number of aldehydes is 1. The van der Waals surface area contributed by atoms with Crippen LogP contribution in [0.2, 0.25) is 0 Å². The van der Waals surface area contributed by atoms with E-state index >= 15 is 0 Å². The number of nitrogens with two attached hydrogens (primary N) is 1. The van der Waals surface area contributed by atoms with Gasteiger partial charge in [0.15, 0.2) is 38.1 Å². The molecule has 1 aliphatic heterocycles. The number of ether oxygens (including phenoxy) is 2. The zero-order valence-electron chi connectivity index (χ0n) is 15.6. The van der Waals surface area contributed by atoms with Crippen molar-refractivity contribution in [3.8, 4) is 5.75 Å². The van der Waals surface area contributed by atoms with Crippen molar-refractivity contribution in [1.29, 1.82) is 0 Å². The minimum absolute atomic E-state index is 0.0685. The summed E-state index contributed by atoms with van der Waals surface area (Å²) in [6, 6.07) is 9.10. The lowest BCUT2D eigenvalue weighted by molar-refractivity contribution is -0.128. The van der Waals surface area contributed by atoms with Crippen LogP contribution in [-0.2, 0) is 14.3 Å². The zero-order chi connectivity index (χ0) is 20.9. The predicted octanol–water partition coefficient (Wildman–Crippen LogP) is 2.27. The molecule has 1 aromatic carbocycles. The fourth-order valence-corrected chi connectivity index (χ4v) is 3.91.